The Labute approximate surface area is 179 Å². The van der Waals surface area contributed by atoms with Gasteiger partial charge >= 0.3 is 0 Å². The van der Waals surface area contributed by atoms with Gasteiger partial charge in [-0.25, -0.2) is 0 Å². The third kappa shape index (κ3) is 6.14. The third-order valence-corrected chi connectivity index (χ3v) is 7.05. The van der Waals surface area contributed by atoms with Crippen LogP contribution in [0.3, 0.4) is 0 Å². The van der Waals surface area contributed by atoms with Gasteiger partial charge in [0, 0.05) is 6.92 Å². The largest absolute Gasteiger partial charge is 0.481 e. The predicted octanol–water partition coefficient (Wildman–Crippen LogP) is 5.13. The smallest absolute Gasteiger partial charge is 0.300 e. The van der Waals surface area contributed by atoms with E-state index in [4.69, 9.17) is 9.90 Å². The number of aliphatic carboxylic acids is 1. The van der Waals surface area contributed by atoms with E-state index in [1.807, 2.05) is 0 Å². The minimum Gasteiger partial charge on any atom is -0.481 e. The predicted molar refractivity (Wildman–Crippen MR) is 128 cm³/mol. The summed E-state index contributed by atoms with van der Waals surface area (Å²) in [6.07, 6.45) is 0.968. The van der Waals surface area contributed by atoms with E-state index in [-0.39, 0.29) is 0 Å². The molecule has 0 heterocycles. The monoisotopic (exact) mass is 412 g/mol. The Kier molecular flexibility index (Phi) is 7.94. The van der Waals surface area contributed by atoms with Crippen LogP contribution < -0.4 is 15.9 Å². The second-order valence-corrected chi connectivity index (χ2v) is 9.00. The van der Waals surface area contributed by atoms with Gasteiger partial charge < -0.3 is 5.11 Å². The molecule has 2 nitrogen and oxygen atoms in total. The molecule has 0 aliphatic rings. The molecule has 0 radical (unpaired) electrons. The number of carboxylic acids is 1. The zero-order valence-corrected chi connectivity index (χ0v) is 17.9. The highest BCUT2D eigenvalue weighted by atomic mass is 31.1. The van der Waals surface area contributed by atoms with Gasteiger partial charge in [-0.2, -0.15) is 0 Å². The molecule has 0 unspecified atom stereocenters. The van der Waals surface area contributed by atoms with Crippen LogP contribution in [0, 0.1) is 0 Å². The first kappa shape index (κ1) is 21.5. The maximum Gasteiger partial charge on any atom is 0.300 e. The number of benzene rings is 4. The van der Waals surface area contributed by atoms with Gasteiger partial charge in [-0.3, -0.25) is 4.79 Å². The first-order valence-electron chi connectivity index (χ1n) is 9.87. The second-order valence-electron chi connectivity index (χ2n) is 6.82. The van der Waals surface area contributed by atoms with Crippen LogP contribution >= 0.6 is 7.92 Å². The molecule has 0 bridgehead atoms. The van der Waals surface area contributed by atoms with Crippen molar-refractivity contribution in [2.45, 2.75) is 13.3 Å². The number of carboxylic acid groups (broad SMARTS) is 1. The quantitative estimate of drug-likeness (QED) is 0.462. The van der Waals surface area contributed by atoms with Crippen LogP contribution in [0.15, 0.2) is 115 Å². The van der Waals surface area contributed by atoms with E-state index in [2.05, 4.69) is 115 Å². The topological polar surface area (TPSA) is 37.3 Å². The fourth-order valence-corrected chi connectivity index (χ4v) is 5.75. The summed E-state index contributed by atoms with van der Waals surface area (Å²) in [5.74, 6) is -0.833. The standard InChI is InChI=1S/C25H21P.C2H4O2/c1-4-12-21(13-5-1)20-22-14-10-11-19-25(22)26(23-15-6-2-7-16-23)24-17-8-3-9-18-24;1-2(3)4/h1-19H,20H2;1H3,(H,3,4). The van der Waals surface area contributed by atoms with E-state index in [1.165, 1.54) is 27.0 Å². The lowest BCUT2D eigenvalue weighted by Crippen LogP contribution is -2.23. The first-order valence-corrected chi connectivity index (χ1v) is 11.2. The Hall–Kier alpha value is -3.22. The van der Waals surface area contributed by atoms with E-state index < -0.39 is 13.9 Å². The summed E-state index contributed by atoms with van der Waals surface area (Å²) >= 11 is 0. The zero-order valence-electron chi connectivity index (χ0n) is 17.0. The van der Waals surface area contributed by atoms with Gasteiger partial charge in [-0.05, 0) is 41.4 Å². The van der Waals surface area contributed by atoms with Crippen LogP contribution in [0.5, 0.6) is 0 Å². The molecular weight excluding hydrogens is 387 g/mol. The van der Waals surface area contributed by atoms with E-state index in [1.54, 1.807) is 0 Å². The molecule has 0 aromatic heterocycles. The Morgan fingerprint density at radius 3 is 1.57 bits per heavy atom. The van der Waals surface area contributed by atoms with Crippen molar-refractivity contribution >= 4 is 29.8 Å². The minimum atomic E-state index is -0.833. The highest BCUT2D eigenvalue weighted by Gasteiger charge is 2.19. The van der Waals surface area contributed by atoms with Gasteiger partial charge in [-0.1, -0.05) is 115 Å². The van der Waals surface area contributed by atoms with E-state index in [9.17, 15) is 0 Å². The summed E-state index contributed by atoms with van der Waals surface area (Å²) in [4.78, 5) is 9.00. The van der Waals surface area contributed by atoms with Gasteiger partial charge in [0.15, 0.2) is 0 Å². The van der Waals surface area contributed by atoms with Gasteiger partial charge in [0.05, 0.1) is 0 Å². The minimum absolute atomic E-state index is 0.563. The fraction of sp³-hybridized carbons (Fsp3) is 0.0741. The van der Waals surface area contributed by atoms with Gasteiger partial charge in [0.25, 0.3) is 5.97 Å². The molecule has 0 saturated carbocycles. The van der Waals surface area contributed by atoms with Crippen molar-refractivity contribution in [2.75, 3.05) is 0 Å². The molecule has 30 heavy (non-hydrogen) atoms. The normalized spacial score (nSPS) is 10.2. The van der Waals surface area contributed by atoms with Crippen LogP contribution in [0.25, 0.3) is 0 Å². The maximum absolute atomic E-state index is 9.00. The highest BCUT2D eigenvalue weighted by molar-refractivity contribution is 7.79. The third-order valence-electron chi connectivity index (χ3n) is 4.50. The molecule has 4 aromatic carbocycles. The van der Waals surface area contributed by atoms with E-state index >= 15 is 0 Å². The lowest BCUT2D eigenvalue weighted by atomic mass is 10.1. The molecule has 0 fully saturated rings. The Bertz CT molecular complexity index is 1000. The molecule has 0 saturated heterocycles. The Morgan fingerprint density at radius 2 is 1.07 bits per heavy atom. The number of hydrogen-bond donors (Lipinski definition) is 1. The van der Waals surface area contributed by atoms with Gasteiger partial charge in [-0.15, -0.1) is 0 Å². The number of rotatable bonds is 5. The van der Waals surface area contributed by atoms with Gasteiger partial charge in [0.2, 0.25) is 0 Å². The molecule has 4 rings (SSSR count). The molecule has 3 heteroatoms. The van der Waals surface area contributed by atoms with E-state index in [0.717, 1.165) is 13.3 Å². The van der Waals surface area contributed by atoms with Crippen LogP contribution in [0.2, 0.25) is 0 Å². The highest BCUT2D eigenvalue weighted by Crippen LogP contribution is 2.34. The summed E-state index contributed by atoms with van der Waals surface area (Å²) in [5, 5.41) is 11.7. The fourth-order valence-electron chi connectivity index (χ4n) is 3.28. The average molecular weight is 412 g/mol. The average Bonchev–Trinajstić information content (AvgIpc) is 2.77. The van der Waals surface area contributed by atoms with Crippen molar-refractivity contribution in [3.8, 4) is 0 Å². The summed E-state index contributed by atoms with van der Waals surface area (Å²) in [6, 6.07) is 41.5. The van der Waals surface area contributed by atoms with Crippen molar-refractivity contribution in [2.24, 2.45) is 0 Å². The van der Waals surface area contributed by atoms with E-state index in [0.29, 0.717) is 0 Å². The Morgan fingerprint density at radius 1 is 0.667 bits per heavy atom. The van der Waals surface area contributed by atoms with Crippen LogP contribution in [0.4, 0.5) is 0 Å². The van der Waals surface area contributed by atoms with Crippen LogP contribution in [0.1, 0.15) is 18.1 Å². The van der Waals surface area contributed by atoms with Crippen molar-refractivity contribution in [3.05, 3.63) is 126 Å². The van der Waals surface area contributed by atoms with Crippen molar-refractivity contribution in [3.63, 3.8) is 0 Å². The van der Waals surface area contributed by atoms with Gasteiger partial charge in [0.1, 0.15) is 0 Å². The summed E-state index contributed by atoms with van der Waals surface area (Å²) < 4.78 is 0. The second kappa shape index (κ2) is 11.1. The van der Waals surface area contributed by atoms with Crippen molar-refractivity contribution in [1.82, 2.24) is 0 Å². The first-order chi connectivity index (χ1) is 14.6. The molecular formula is C27H25O2P. The number of carbonyl (C=O) groups is 1. The number of hydrogen-bond acceptors (Lipinski definition) is 1. The summed E-state index contributed by atoms with van der Waals surface area (Å²) in [6.45, 7) is 1.08. The lowest BCUT2D eigenvalue weighted by molar-refractivity contribution is -0.134. The molecule has 150 valence electrons. The zero-order chi connectivity index (χ0) is 21.2. The maximum atomic E-state index is 9.00. The molecule has 0 atom stereocenters. The summed E-state index contributed by atoms with van der Waals surface area (Å²) in [7, 11) is -0.563. The molecule has 0 amide bonds. The SMILES string of the molecule is CC(=O)O.c1ccc(Cc2ccccc2P(c2ccccc2)c2ccccc2)cc1. The van der Waals surface area contributed by atoms with Crippen molar-refractivity contribution < 1.29 is 9.90 Å². The summed E-state index contributed by atoms with van der Waals surface area (Å²) in [5.41, 5.74) is 2.77. The molecule has 0 spiro atoms. The van der Waals surface area contributed by atoms with Crippen LogP contribution in [-0.4, -0.2) is 11.1 Å². The molecule has 0 aliphatic heterocycles. The van der Waals surface area contributed by atoms with Crippen molar-refractivity contribution in [1.29, 1.82) is 0 Å². The Balaban J connectivity index is 0.000000589. The van der Waals surface area contributed by atoms with Crippen LogP contribution in [-0.2, 0) is 11.2 Å². The molecule has 0 aliphatic carbocycles. The lowest BCUT2D eigenvalue weighted by Gasteiger charge is -2.22. The molecule has 1 N–H and O–H groups in total. The molecule has 4 aromatic rings.